The Morgan fingerprint density at radius 2 is 1.81 bits per heavy atom. The zero-order valence-electron chi connectivity index (χ0n) is 22.9. The lowest BCUT2D eigenvalue weighted by Gasteiger charge is -2.34. The van der Waals surface area contributed by atoms with Crippen molar-refractivity contribution in [3.63, 3.8) is 0 Å². The van der Waals surface area contributed by atoms with Crippen molar-refractivity contribution in [1.29, 1.82) is 0 Å². The summed E-state index contributed by atoms with van der Waals surface area (Å²) in [5.74, 6) is 0.593. The van der Waals surface area contributed by atoms with E-state index in [1.165, 1.54) is 18.5 Å². The predicted molar refractivity (Wildman–Crippen MR) is 152 cm³/mol. The number of anilines is 1. The molecule has 10 nitrogen and oxygen atoms in total. The van der Waals surface area contributed by atoms with Crippen molar-refractivity contribution in [1.82, 2.24) is 19.4 Å². The highest BCUT2D eigenvalue weighted by atomic mass is 32.1. The lowest BCUT2D eigenvalue weighted by molar-refractivity contribution is -0.137. The van der Waals surface area contributed by atoms with E-state index in [1.807, 2.05) is 18.2 Å². The first-order chi connectivity index (χ1) is 20.6. The van der Waals surface area contributed by atoms with Crippen LogP contribution < -0.4 is 20.3 Å². The number of piperazine rings is 1. The van der Waals surface area contributed by atoms with Gasteiger partial charge in [0, 0.05) is 38.4 Å². The van der Waals surface area contributed by atoms with Gasteiger partial charge in [-0.15, -0.1) is 11.3 Å². The molecule has 224 valence electrons. The molecule has 0 radical (unpaired) electrons. The number of halogens is 3. The highest BCUT2D eigenvalue weighted by molar-refractivity contribution is 7.20. The van der Waals surface area contributed by atoms with Crippen LogP contribution in [0.4, 0.5) is 18.9 Å². The number of ether oxygens (including phenoxy) is 2. The summed E-state index contributed by atoms with van der Waals surface area (Å²) in [4.78, 5) is 48.4. The fraction of sp³-hybridized carbons (Fsp3) is 0.310. The van der Waals surface area contributed by atoms with E-state index in [9.17, 15) is 27.6 Å². The third-order valence-electron chi connectivity index (χ3n) is 7.40. The van der Waals surface area contributed by atoms with Crippen LogP contribution in [0.2, 0.25) is 0 Å². The normalized spacial score (nSPS) is 15.2. The first-order valence-electron chi connectivity index (χ1n) is 13.4. The lowest BCUT2D eigenvalue weighted by Crippen LogP contribution is -2.48. The van der Waals surface area contributed by atoms with Crippen molar-refractivity contribution in [3.8, 4) is 11.5 Å². The maximum atomic E-state index is 13.5. The lowest BCUT2D eigenvalue weighted by atomic mass is 10.1. The molecule has 4 heterocycles. The number of alkyl halides is 3. The fourth-order valence-corrected chi connectivity index (χ4v) is 6.26. The molecule has 1 N–H and O–H groups in total. The first-order valence-corrected chi connectivity index (χ1v) is 14.2. The van der Waals surface area contributed by atoms with Gasteiger partial charge in [0.05, 0.1) is 22.2 Å². The molecule has 0 spiro atoms. The molecule has 0 atom stereocenters. The van der Waals surface area contributed by atoms with Gasteiger partial charge in [-0.1, -0.05) is 12.1 Å². The van der Waals surface area contributed by atoms with E-state index in [4.69, 9.17) is 9.47 Å². The summed E-state index contributed by atoms with van der Waals surface area (Å²) in [5, 5.41) is 2.63. The number of benzene rings is 2. The third kappa shape index (κ3) is 5.92. The van der Waals surface area contributed by atoms with E-state index in [1.54, 1.807) is 11.8 Å². The smallest absolute Gasteiger partial charge is 0.416 e. The third-order valence-corrected chi connectivity index (χ3v) is 8.59. The average Bonchev–Trinajstić information content (AvgIpc) is 3.58. The fourth-order valence-electron chi connectivity index (χ4n) is 5.15. The van der Waals surface area contributed by atoms with E-state index in [-0.39, 0.29) is 23.8 Å². The summed E-state index contributed by atoms with van der Waals surface area (Å²) in [7, 11) is 0. The number of aryl methyl sites for hydroxylation is 1. The minimum absolute atomic E-state index is 0.0440. The molecular formula is C29H26F3N5O5S. The number of carbonyl (C=O) groups is 2. The second-order valence-corrected chi connectivity index (χ2v) is 11.3. The Balaban J connectivity index is 1.11. The molecule has 4 aromatic rings. The van der Waals surface area contributed by atoms with Crippen molar-refractivity contribution >= 4 is 39.1 Å². The highest BCUT2D eigenvalue weighted by Crippen LogP contribution is 2.33. The first kappa shape index (κ1) is 28.7. The van der Waals surface area contributed by atoms with Gasteiger partial charge in [-0.3, -0.25) is 23.9 Å². The SMILES string of the molecule is Cc1c(C(=O)N2CCN(Cc3ccc4c(c3)OCO4)CC2)sc2ncn(CC(=O)Nc3cccc(C(F)(F)F)c3)c(=O)c12. The van der Waals surface area contributed by atoms with Crippen LogP contribution in [0.25, 0.3) is 10.2 Å². The quantitative estimate of drug-likeness (QED) is 0.349. The highest BCUT2D eigenvalue weighted by Gasteiger charge is 2.31. The Kier molecular flexibility index (Phi) is 7.56. The van der Waals surface area contributed by atoms with Gasteiger partial charge in [0.15, 0.2) is 11.5 Å². The minimum Gasteiger partial charge on any atom is -0.454 e. The maximum absolute atomic E-state index is 13.5. The molecule has 2 aliphatic heterocycles. The monoisotopic (exact) mass is 613 g/mol. The van der Waals surface area contributed by atoms with Crippen LogP contribution in [0.3, 0.4) is 0 Å². The second kappa shape index (κ2) is 11.3. The van der Waals surface area contributed by atoms with Gasteiger partial charge >= 0.3 is 6.18 Å². The summed E-state index contributed by atoms with van der Waals surface area (Å²) < 4.78 is 50.9. The number of hydrogen-bond acceptors (Lipinski definition) is 8. The Morgan fingerprint density at radius 1 is 1.05 bits per heavy atom. The number of aromatic nitrogens is 2. The van der Waals surface area contributed by atoms with E-state index < -0.39 is 29.8 Å². The summed E-state index contributed by atoms with van der Waals surface area (Å²) in [6.07, 6.45) is -3.35. The van der Waals surface area contributed by atoms with Crippen molar-refractivity contribution in [2.75, 3.05) is 38.3 Å². The van der Waals surface area contributed by atoms with Gasteiger partial charge < -0.3 is 19.7 Å². The van der Waals surface area contributed by atoms with Crippen LogP contribution in [-0.4, -0.2) is 64.1 Å². The number of carbonyl (C=O) groups excluding carboxylic acids is 2. The average molecular weight is 614 g/mol. The second-order valence-electron chi connectivity index (χ2n) is 10.3. The molecule has 1 saturated heterocycles. The van der Waals surface area contributed by atoms with Crippen LogP contribution in [0, 0.1) is 6.92 Å². The zero-order valence-corrected chi connectivity index (χ0v) is 23.8. The number of rotatable bonds is 6. The molecule has 0 aliphatic carbocycles. The Bertz CT molecular complexity index is 1780. The maximum Gasteiger partial charge on any atom is 0.416 e. The van der Waals surface area contributed by atoms with Crippen molar-refractivity contribution in [2.45, 2.75) is 26.2 Å². The zero-order chi connectivity index (χ0) is 30.3. The Morgan fingerprint density at radius 3 is 2.58 bits per heavy atom. The molecule has 43 heavy (non-hydrogen) atoms. The van der Waals surface area contributed by atoms with Crippen LogP contribution in [0.5, 0.6) is 11.5 Å². The molecule has 14 heteroatoms. The van der Waals surface area contributed by atoms with E-state index in [2.05, 4.69) is 15.2 Å². The van der Waals surface area contributed by atoms with Gasteiger partial charge in [-0.25, -0.2) is 4.98 Å². The molecule has 1 fully saturated rings. The molecule has 0 saturated carbocycles. The van der Waals surface area contributed by atoms with Crippen LogP contribution in [0.1, 0.15) is 26.4 Å². The van der Waals surface area contributed by atoms with Gasteiger partial charge in [0.1, 0.15) is 11.4 Å². The van der Waals surface area contributed by atoms with E-state index >= 15 is 0 Å². The summed E-state index contributed by atoms with van der Waals surface area (Å²) in [5.41, 5.74) is 0.124. The summed E-state index contributed by atoms with van der Waals surface area (Å²) in [6, 6.07) is 10.1. The van der Waals surface area contributed by atoms with Crippen molar-refractivity contribution < 1.29 is 32.2 Å². The molecule has 2 aromatic carbocycles. The van der Waals surface area contributed by atoms with Gasteiger partial charge in [-0.2, -0.15) is 13.2 Å². The standard InChI is InChI=1S/C29H26F3N5O5S/c1-17-24-26(33-15-37(27(24)39)14-23(38)34-20-4-2-3-19(12-20)29(30,31)32)43-25(17)28(40)36-9-7-35(8-10-36)13-18-5-6-21-22(11-18)42-16-41-21/h2-6,11-12,15H,7-10,13-14,16H2,1H3,(H,34,38). The number of amides is 2. The molecule has 2 amide bonds. The summed E-state index contributed by atoms with van der Waals surface area (Å²) >= 11 is 1.13. The van der Waals surface area contributed by atoms with Crippen LogP contribution in [-0.2, 0) is 24.1 Å². The van der Waals surface area contributed by atoms with Gasteiger partial charge in [0.2, 0.25) is 12.7 Å². The van der Waals surface area contributed by atoms with Crippen molar-refractivity contribution in [2.24, 2.45) is 0 Å². The Hall–Kier alpha value is -4.43. The molecule has 6 rings (SSSR count). The topological polar surface area (TPSA) is 106 Å². The molecule has 0 bridgehead atoms. The van der Waals surface area contributed by atoms with Crippen molar-refractivity contribution in [3.05, 3.63) is 80.7 Å². The molecule has 2 aromatic heterocycles. The summed E-state index contributed by atoms with van der Waals surface area (Å²) in [6.45, 7) is 4.55. The van der Waals surface area contributed by atoms with Gasteiger partial charge in [-0.05, 0) is 48.4 Å². The number of nitrogens with zero attached hydrogens (tertiary/aromatic N) is 4. The van der Waals surface area contributed by atoms with E-state index in [0.29, 0.717) is 48.0 Å². The van der Waals surface area contributed by atoms with Crippen LogP contribution >= 0.6 is 11.3 Å². The minimum atomic E-state index is -4.56. The van der Waals surface area contributed by atoms with E-state index in [0.717, 1.165) is 45.1 Å². The number of fused-ring (bicyclic) bond motifs is 2. The number of thiophene rings is 1. The van der Waals surface area contributed by atoms with Crippen LogP contribution in [0.15, 0.2) is 53.6 Å². The number of hydrogen-bond donors (Lipinski definition) is 1. The van der Waals surface area contributed by atoms with Gasteiger partial charge in [0.25, 0.3) is 11.5 Å². The Labute approximate surface area is 247 Å². The molecule has 0 unspecified atom stereocenters. The largest absolute Gasteiger partial charge is 0.454 e. The molecule has 2 aliphatic rings. The molecular weight excluding hydrogens is 587 g/mol. The predicted octanol–water partition coefficient (Wildman–Crippen LogP) is 4.11. The number of nitrogens with one attached hydrogen (secondary N) is 1.